The maximum Gasteiger partial charge on any atom is -0.0298 e. The molecule has 0 atom stereocenters. The molecule has 0 aromatic carbocycles. The average Bonchev–Trinajstić information content (AvgIpc) is 2.61. The fourth-order valence-corrected chi connectivity index (χ4v) is 4.63. The highest BCUT2D eigenvalue weighted by Gasteiger charge is 2.32. The summed E-state index contributed by atoms with van der Waals surface area (Å²) in [5.41, 5.74) is 0.689. The van der Waals surface area contributed by atoms with Crippen LogP contribution in [-0.4, -0.2) is 0 Å². The van der Waals surface area contributed by atoms with Gasteiger partial charge in [0, 0.05) is 0 Å². The number of hydrogen-bond acceptors (Lipinski definition) is 0. The van der Waals surface area contributed by atoms with Gasteiger partial charge >= 0.3 is 0 Å². The fraction of sp³-hybridized carbons (Fsp3) is 1.00. The van der Waals surface area contributed by atoms with Crippen LogP contribution in [0.2, 0.25) is 0 Å². The first kappa shape index (κ1) is 15.4. The normalized spacial score (nSPS) is 28.3. The average molecular weight is 264 g/mol. The molecule has 2 saturated carbocycles. The zero-order valence-electron chi connectivity index (χ0n) is 13.4. The highest BCUT2D eigenvalue weighted by atomic mass is 14.4. The zero-order chi connectivity index (χ0) is 13.4. The van der Waals surface area contributed by atoms with Crippen LogP contribution in [0.3, 0.4) is 0 Å². The molecule has 2 rings (SSSR count). The van der Waals surface area contributed by atoms with Crippen molar-refractivity contribution < 1.29 is 0 Å². The van der Waals surface area contributed by atoms with Crippen molar-refractivity contribution >= 4 is 0 Å². The van der Waals surface area contributed by atoms with E-state index in [-0.39, 0.29) is 0 Å². The molecule has 0 aromatic rings. The van der Waals surface area contributed by atoms with Crippen LogP contribution in [0.15, 0.2) is 0 Å². The Morgan fingerprint density at radius 2 is 0.895 bits per heavy atom. The molecule has 0 aromatic heterocycles. The highest BCUT2D eigenvalue weighted by molar-refractivity contribution is 4.84. The van der Waals surface area contributed by atoms with Gasteiger partial charge in [0.1, 0.15) is 0 Å². The lowest BCUT2D eigenvalue weighted by Crippen LogP contribution is -2.27. The van der Waals surface area contributed by atoms with Crippen LogP contribution in [0.5, 0.6) is 0 Å². The minimum Gasteiger partial charge on any atom is -0.0594 e. The minimum absolute atomic E-state index is 0.689. The molecule has 0 N–H and O–H groups in total. The van der Waals surface area contributed by atoms with Crippen LogP contribution in [0.1, 0.15) is 110 Å². The van der Waals surface area contributed by atoms with Crippen molar-refractivity contribution in [3.8, 4) is 0 Å². The monoisotopic (exact) mass is 264 g/mol. The molecular weight excluding hydrogens is 228 g/mol. The molecule has 0 spiro atoms. The maximum absolute atomic E-state index is 2.65. The summed E-state index contributed by atoms with van der Waals surface area (Å²) in [6.07, 6.45) is 24.2. The molecule has 19 heavy (non-hydrogen) atoms. The Kier molecular flexibility index (Phi) is 6.74. The first-order valence-corrected chi connectivity index (χ1v) is 9.31. The summed E-state index contributed by atoms with van der Waals surface area (Å²) in [5.74, 6) is 1.05. The van der Waals surface area contributed by atoms with E-state index in [1.54, 1.807) is 0 Å². The number of hydrogen-bond donors (Lipinski definition) is 0. The van der Waals surface area contributed by atoms with E-state index in [0.29, 0.717) is 5.41 Å². The first-order valence-electron chi connectivity index (χ1n) is 9.31. The van der Waals surface area contributed by atoms with Gasteiger partial charge in [0.15, 0.2) is 0 Å². The summed E-state index contributed by atoms with van der Waals surface area (Å²) >= 11 is 0. The Bertz CT molecular complexity index is 210. The highest BCUT2D eigenvalue weighted by Crippen LogP contribution is 2.45. The van der Waals surface area contributed by atoms with Gasteiger partial charge in [0.05, 0.1) is 0 Å². The van der Waals surface area contributed by atoms with Crippen LogP contribution in [0.25, 0.3) is 0 Å². The standard InChI is InChI=1S/C19H36/c1-19(16-12-8-4-5-9-13-17-19)18-14-10-6-2-3-7-11-15-18/h18H,2-17H2,1H3. The van der Waals surface area contributed by atoms with Crippen LogP contribution in [0, 0.1) is 11.3 Å². The molecule has 0 saturated heterocycles. The third kappa shape index (κ3) is 5.12. The van der Waals surface area contributed by atoms with E-state index in [0.717, 1.165) is 5.92 Å². The number of rotatable bonds is 1. The molecule has 0 heterocycles. The van der Waals surface area contributed by atoms with Gasteiger partial charge in [-0.1, -0.05) is 84.0 Å². The molecule has 0 heteroatoms. The second-order valence-corrected chi connectivity index (χ2v) is 7.67. The first-order chi connectivity index (χ1) is 9.31. The quantitative estimate of drug-likeness (QED) is 0.484. The molecule has 0 bridgehead atoms. The zero-order valence-corrected chi connectivity index (χ0v) is 13.4. The molecule has 0 radical (unpaired) electrons. The van der Waals surface area contributed by atoms with E-state index in [1.165, 1.54) is 103 Å². The van der Waals surface area contributed by atoms with Gasteiger partial charge in [-0.3, -0.25) is 0 Å². The van der Waals surface area contributed by atoms with Crippen molar-refractivity contribution in [2.75, 3.05) is 0 Å². The van der Waals surface area contributed by atoms with Crippen molar-refractivity contribution in [1.29, 1.82) is 0 Å². The topological polar surface area (TPSA) is 0 Å². The van der Waals surface area contributed by atoms with E-state index in [2.05, 4.69) is 6.92 Å². The molecular formula is C19H36. The Balaban J connectivity index is 1.95. The summed E-state index contributed by atoms with van der Waals surface area (Å²) in [6, 6.07) is 0. The van der Waals surface area contributed by atoms with Gasteiger partial charge < -0.3 is 0 Å². The predicted molar refractivity (Wildman–Crippen MR) is 85.5 cm³/mol. The van der Waals surface area contributed by atoms with Crippen LogP contribution in [0.4, 0.5) is 0 Å². The summed E-state index contributed by atoms with van der Waals surface area (Å²) in [4.78, 5) is 0. The Labute approximate surface area is 121 Å². The lowest BCUT2D eigenvalue weighted by Gasteiger charge is -2.38. The summed E-state index contributed by atoms with van der Waals surface area (Å²) in [6.45, 7) is 2.65. The van der Waals surface area contributed by atoms with Crippen molar-refractivity contribution in [2.24, 2.45) is 11.3 Å². The van der Waals surface area contributed by atoms with E-state index >= 15 is 0 Å². The van der Waals surface area contributed by atoms with E-state index in [4.69, 9.17) is 0 Å². The SMILES string of the molecule is CC1(C2CCCCCCCC2)CCCCCCCC1. The van der Waals surface area contributed by atoms with Gasteiger partial charge in [-0.05, 0) is 37.0 Å². The van der Waals surface area contributed by atoms with Crippen LogP contribution >= 0.6 is 0 Å². The van der Waals surface area contributed by atoms with E-state index < -0.39 is 0 Å². The molecule has 2 aliphatic rings. The van der Waals surface area contributed by atoms with Gasteiger partial charge in [0.2, 0.25) is 0 Å². The predicted octanol–water partition coefficient (Wildman–Crippen LogP) is 6.88. The van der Waals surface area contributed by atoms with Gasteiger partial charge in [0.25, 0.3) is 0 Å². The third-order valence-corrected chi connectivity index (χ3v) is 6.09. The van der Waals surface area contributed by atoms with Crippen molar-refractivity contribution in [1.82, 2.24) is 0 Å². The molecule has 0 aliphatic heterocycles. The molecule has 112 valence electrons. The second-order valence-electron chi connectivity index (χ2n) is 7.67. The smallest absolute Gasteiger partial charge is 0.0298 e. The summed E-state index contributed by atoms with van der Waals surface area (Å²) in [5, 5.41) is 0. The summed E-state index contributed by atoms with van der Waals surface area (Å²) < 4.78 is 0. The molecule has 0 unspecified atom stereocenters. The largest absolute Gasteiger partial charge is 0.0594 e. The minimum atomic E-state index is 0.689. The lowest BCUT2D eigenvalue weighted by molar-refractivity contribution is 0.124. The van der Waals surface area contributed by atoms with E-state index in [1.807, 2.05) is 0 Å². The van der Waals surface area contributed by atoms with Crippen LogP contribution in [-0.2, 0) is 0 Å². The van der Waals surface area contributed by atoms with Crippen molar-refractivity contribution in [2.45, 2.75) is 110 Å². The molecule has 2 fully saturated rings. The van der Waals surface area contributed by atoms with Crippen molar-refractivity contribution in [3.63, 3.8) is 0 Å². The van der Waals surface area contributed by atoms with Gasteiger partial charge in [-0.25, -0.2) is 0 Å². The Hall–Kier alpha value is 0. The lowest BCUT2D eigenvalue weighted by atomic mass is 9.67. The van der Waals surface area contributed by atoms with Gasteiger partial charge in [-0.2, -0.15) is 0 Å². The third-order valence-electron chi connectivity index (χ3n) is 6.09. The summed E-state index contributed by atoms with van der Waals surface area (Å²) in [7, 11) is 0. The Morgan fingerprint density at radius 1 is 0.526 bits per heavy atom. The van der Waals surface area contributed by atoms with Crippen molar-refractivity contribution in [3.05, 3.63) is 0 Å². The van der Waals surface area contributed by atoms with Gasteiger partial charge in [-0.15, -0.1) is 0 Å². The fourth-order valence-electron chi connectivity index (χ4n) is 4.63. The molecule has 2 aliphatic carbocycles. The Morgan fingerprint density at radius 3 is 1.37 bits per heavy atom. The second kappa shape index (κ2) is 8.32. The maximum atomic E-state index is 2.65. The molecule has 0 nitrogen and oxygen atoms in total. The van der Waals surface area contributed by atoms with Crippen LogP contribution < -0.4 is 0 Å². The molecule has 0 amide bonds. The van der Waals surface area contributed by atoms with E-state index in [9.17, 15) is 0 Å².